The number of nitriles is 1. The van der Waals surface area contributed by atoms with E-state index >= 15 is 0 Å². The zero-order valence-corrected chi connectivity index (χ0v) is 29.9. The topological polar surface area (TPSA) is 33.6 Å². The molecule has 9 aromatic rings. The monoisotopic (exact) mass is 749 g/mol. The molecule has 0 aliphatic rings. The second-order valence-corrected chi connectivity index (χ2v) is 14.0. The summed E-state index contributed by atoms with van der Waals surface area (Å²) >= 11 is 0. The van der Waals surface area contributed by atoms with E-state index < -0.39 is 29.0 Å². The quantitative estimate of drug-likeness (QED) is 0.165. The molecule has 7 aromatic carbocycles. The molecule has 274 valence electrons. The summed E-state index contributed by atoms with van der Waals surface area (Å²) in [6, 6.07) is 41.4. The maximum absolute atomic E-state index is 14.6. The number of hydrogen-bond donors (Lipinski definition) is 0. The lowest BCUT2D eigenvalue weighted by atomic mass is 9.90. The molecule has 0 N–H and O–H groups in total. The molecule has 9 heteroatoms. The molecule has 2 heterocycles. The average molecular weight is 750 g/mol. The number of para-hydroxylation sites is 2. The molecule has 0 atom stereocenters. The lowest BCUT2D eigenvalue weighted by molar-refractivity contribution is -0.142. The van der Waals surface area contributed by atoms with E-state index in [1.54, 1.807) is 18.2 Å². The molecule has 0 saturated heterocycles. The summed E-state index contributed by atoms with van der Waals surface area (Å²) < 4.78 is 91.8. The van der Waals surface area contributed by atoms with Gasteiger partial charge in [0, 0.05) is 38.2 Å². The number of nitrogens with zero attached hydrogens (tertiary/aromatic N) is 3. The summed E-state index contributed by atoms with van der Waals surface area (Å²) in [5.74, 6) is 0. The van der Waals surface area contributed by atoms with Crippen molar-refractivity contribution < 1.29 is 26.3 Å². The van der Waals surface area contributed by atoms with E-state index in [0.29, 0.717) is 51.2 Å². The van der Waals surface area contributed by atoms with Crippen LogP contribution in [0.1, 0.15) is 27.8 Å². The van der Waals surface area contributed by atoms with E-state index in [1.807, 2.05) is 103 Å². The summed E-state index contributed by atoms with van der Waals surface area (Å²) in [6.07, 6.45) is -10.2. The third-order valence-corrected chi connectivity index (χ3v) is 10.5. The van der Waals surface area contributed by atoms with Gasteiger partial charge in [0.05, 0.1) is 56.2 Å². The highest BCUT2D eigenvalue weighted by atomic mass is 19.4. The van der Waals surface area contributed by atoms with E-state index in [4.69, 9.17) is 0 Å². The zero-order chi connectivity index (χ0) is 39.1. The number of hydrogen-bond acceptors (Lipinski definition) is 1. The fourth-order valence-corrected chi connectivity index (χ4v) is 8.14. The summed E-state index contributed by atoms with van der Waals surface area (Å²) in [7, 11) is 0. The Balaban J connectivity index is 1.45. The highest BCUT2D eigenvalue weighted by molar-refractivity contribution is 6.12. The number of aryl methyl sites for hydroxylation is 2. The second-order valence-electron chi connectivity index (χ2n) is 14.0. The SMILES string of the molecule is Cc1ccc2c(c1)c1ccccc1n2-c1ccc(C#N)cc1-c1ccc(-c2c(C(F)(F)F)cccc2C(F)(F)F)cc1-n1c2ccccc2c2cc(C)ccc21. The fourth-order valence-electron chi connectivity index (χ4n) is 8.14. The highest BCUT2D eigenvalue weighted by Crippen LogP contribution is 2.47. The Bertz CT molecular complexity index is 3070. The van der Waals surface area contributed by atoms with Gasteiger partial charge in [-0.1, -0.05) is 77.9 Å². The minimum Gasteiger partial charge on any atom is -0.309 e. The molecular formula is C47H29F6N3. The molecule has 0 aliphatic heterocycles. The summed E-state index contributed by atoms with van der Waals surface area (Å²) in [6.45, 7) is 3.97. The van der Waals surface area contributed by atoms with Crippen molar-refractivity contribution in [3.63, 3.8) is 0 Å². The van der Waals surface area contributed by atoms with E-state index in [1.165, 1.54) is 12.1 Å². The van der Waals surface area contributed by atoms with Crippen molar-refractivity contribution in [1.82, 2.24) is 9.13 Å². The van der Waals surface area contributed by atoms with Crippen LogP contribution < -0.4 is 0 Å². The van der Waals surface area contributed by atoms with Crippen LogP contribution in [0.3, 0.4) is 0 Å². The van der Waals surface area contributed by atoms with Gasteiger partial charge in [-0.25, -0.2) is 0 Å². The summed E-state index contributed by atoms with van der Waals surface area (Å²) in [5.41, 5.74) is 3.65. The lowest BCUT2D eigenvalue weighted by Gasteiger charge is -2.22. The Morgan fingerprint density at radius 3 is 1.52 bits per heavy atom. The molecule has 0 fully saturated rings. The van der Waals surface area contributed by atoms with E-state index in [-0.39, 0.29) is 5.56 Å². The third-order valence-electron chi connectivity index (χ3n) is 10.5. The number of halogens is 6. The van der Waals surface area contributed by atoms with Crippen LogP contribution in [0.2, 0.25) is 0 Å². The van der Waals surface area contributed by atoms with Gasteiger partial charge in [-0.3, -0.25) is 0 Å². The highest BCUT2D eigenvalue weighted by Gasteiger charge is 2.41. The molecule has 0 radical (unpaired) electrons. The van der Waals surface area contributed by atoms with Gasteiger partial charge in [-0.15, -0.1) is 0 Å². The van der Waals surface area contributed by atoms with E-state index in [0.717, 1.165) is 49.8 Å². The Labute approximate surface area is 316 Å². The van der Waals surface area contributed by atoms with Crippen LogP contribution in [0, 0.1) is 25.2 Å². The van der Waals surface area contributed by atoms with Gasteiger partial charge in [0.15, 0.2) is 0 Å². The Hall–Kier alpha value is -6.79. The van der Waals surface area contributed by atoms with Crippen molar-refractivity contribution in [2.24, 2.45) is 0 Å². The van der Waals surface area contributed by atoms with Gasteiger partial charge in [-0.05, 0) is 92.2 Å². The van der Waals surface area contributed by atoms with Gasteiger partial charge in [0.2, 0.25) is 0 Å². The third kappa shape index (κ3) is 5.51. The molecule has 2 aromatic heterocycles. The van der Waals surface area contributed by atoms with Crippen molar-refractivity contribution in [2.75, 3.05) is 0 Å². The fraction of sp³-hybridized carbons (Fsp3) is 0.0851. The predicted octanol–water partition coefficient (Wildman–Crippen LogP) is 13.7. The van der Waals surface area contributed by atoms with Gasteiger partial charge < -0.3 is 9.13 Å². The Kier molecular flexibility index (Phi) is 7.89. The molecule has 0 amide bonds. The molecule has 0 saturated carbocycles. The minimum atomic E-state index is -5.08. The molecule has 0 bridgehead atoms. The van der Waals surface area contributed by atoms with Crippen molar-refractivity contribution in [1.29, 1.82) is 5.26 Å². The normalized spacial score (nSPS) is 12.3. The standard InChI is InChI=1S/C47H29F6N3/c1-27-14-19-41-34(22-27)31-8-3-5-12-39(31)55(41)43-21-16-29(26-54)24-36(43)33-18-17-30(45-37(46(48,49)50)10-7-11-38(45)47(51,52)53)25-44(33)56-40-13-6-4-9-32(40)35-23-28(2)15-20-42(35)56/h3-25H,1-2H3. The molecule has 9 rings (SSSR count). The van der Waals surface area contributed by atoms with E-state index in [2.05, 4.69) is 16.7 Å². The summed E-state index contributed by atoms with van der Waals surface area (Å²) in [4.78, 5) is 0. The largest absolute Gasteiger partial charge is 0.417 e. The van der Waals surface area contributed by atoms with Crippen LogP contribution in [0.15, 0.2) is 140 Å². The maximum atomic E-state index is 14.6. The first kappa shape index (κ1) is 34.9. The Morgan fingerprint density at radius 2 is 0.982 bits per heavy atom. The van der Waals surface area contributed by atoms with Crippen LogP contribution >= 0.6 is 0 Å². The smallest absolute Gasteiger partial charge is 0.309 e. The first-order valence-electron chi connectivity index (χ1n) is 17.8. The first-order valence-corrected chi connectivity index (χ1v) is 17.8. The van der Waals surface area contributed by atoms with Crippen LogP contribution in [-0.4, -0.2) is 9.13 Å². The Morgan fingerprint density at radius 1 is 0.464 bits per heavy atom. The predicted molar refractivity (Wildman–Crippen MR) is 210 cm³/mol. The molecule has 56 heavy (non-hydrogen) atoms. The van der Waals surface area contributed by atoms with Crippen molar-refractivity contribution in [3.8, 4) is 39.7 Å². The van der Waals surface area contributed by atoms with Gasteiger partial charge in [0.25, 0.3) is 0 Å². The zero-order valence-electron chi connectivity index (χ0n) is 29.9. The molecule has 3 nitrogen and oxygen atoms in total. The first-order chi connectivity index (χ1) is 26.8. The van der Waals surface area contributed by atoms with Gasteiger partial charge in [0.1, 0.15) is 0 Å². The van der Waals surface area contributed by atoms with E-state index in [9.17, 15) is 31.6 Å². The van der Waals surface area contributed by atoms with Crippen LogP contribution in [0.5, 0.6) is 0 Å². The summed E-state index contributed by atoms with van der Waals surface area (Å²) in [5, 5.41) is 13.9. The number of rotatable bonds is 4. The number of fused-ring (bicyclic) bond motifs is 6. The van der Waals surface area contributed by atoms with Crippen LogP contribution in [-0.2, 0) is 12.4 Å². The average Bonchev–Trinajstić information content (AvgIpc) is 3.68. The molecule has 0 unspecified atom stereocenters. The molecule has 0 spiro atoms. The second kappa shape index (κ2) is 12.6. The number of benzene rings is 7. The van der Waals surface area contributed by atoms with Crippen molar-refractivity contribution in [2.45, 2.75) is 26.2 Å². The molecule has 0 aliphatic carbocycles. The van der Waals surface area contributed by atoms with Crippen molar-refractivity contribution in [3.05, 3.63) is 167 Å². The van der Waals surface area contributed by atoms with Gasteiger partial charge >= 0.3 is 12.4 Å². The van der Waals surface area contributed by atoms with Gasteiger partial charge in [-0.2, -0.15) is 31.6 Å². The number of aromatic nitrogens is 2. The van der Waals surface area contributed by atoms with Crippen LogP contribution in [0.4, 0.5) is 26.3 Å². The number of alkyl halides is 6. The van der Waals surface area contributed by atoms with Crippen LogP contribution in [0.25, 0.3) is 77.2 Å². The maximum Gasteiger partial charge on any atom is 0.417 e. The molecular weight excluding hydrogens is 721 g/mol. The van der Waals surface area contributed by atoms with Crippen molar-refractivity contribution >= 4 is 43.6 Å². The minimum absolute atomic E-state index is 0.257. The lowest BCUT2D eigenvalue weighted by Crippen LogP contribution is -2.14.